The molecule has 1 aliphatic rings. The quantitative estimate of drug-likeness (QED) is 0.371. The summed E-state index contributed by atoms with van der Waals surface area (Å²) in [5.41, 5.74) is 2.08. The van der Waals surface area contributed by atoms with Crippen LogP contribution in [0.15, 0.2) is 42.6 Å². The first-order valence-corrected chi connectivity index (χ1v) is 12.1. The Labute approximate surface area is 200 Å². The van der Waals surface area contributed by atoms with Crippen molar-refractivity contribution in [1.82, 2.24) is 9.55 Å². The standard InChI is InChI=1S/C25H26N4O4S/c1-15(30)28-22-20-11-17(26-13-19-10-16-6-3-4-8-21(16)34-19)12-27-24(20)29(23(22)25(31)32-2)14-18-7-5-9-33-18/h3-4,6,8,10-12,18,26H,5,7,9,13-14H2,1-2H3,(H,28,30)/t18-/m0/s1. The minimum atomic E-state index is -0.528. The van der Waals surface area contributed by atoms with Crippen molar-refractivity contribution < 1.29 is 19.1 Å². The fraction of sp³-hybridized carbons (Fsp3) is 0.320. The molecule has 3 aromatic heterocycles. The molecule has 34 heavy (non-hydrogen) atoms. The maximum atomic E-state index is 12.8. The molecule has 0 unspecified atom stereocenters. The van der Waals surface area contributed by atoms with Crippen LogP contribution in [0.3, 0.4) is 0 Å². The van der Waals surface area contributed by atoms with Gasteiger partial charge in [0.05, 0.1) is 37.3 Å². The summed E-state index contributed by atoms with van der Waals surface area (Å²) >= 11 is 1.74. The van der Waals surface area contributed by atoms with Gasteiger partial charge >= 0.3 is 5.97 Å². The number of hydrogen-bond donors (Lipinski definition) is 2. The third-order valence-electron chi connectivity index (χ3n) is 5.93. The van der Waals surface area contributed by atoms with Crippen LogP contribution in [0.5, 0.6) is 0 Å². The lowest BCUT2D eigenvalue weighted by Crippen LogP contribution is -2.21. The van der Waals surface area contributed by atoms with Gasteiger partial charge in [0, 0.05) is 35.0 Å². The number of benzene rings is 1. The predicted molar refractivity (Wildman–Crippen MR) is 134 cm³/mol. The number of pyridine rings is 1. The summed E-state index contributed by atoms with van der Waals surface area (Å²) in [5.74, 6) is -0.801. The summed E-state index contributed by atoms with van der Waals surface area (Å²) < 4.78 is 13.9. The molecule has 8 nitrogen and oxygen atoms in total. The van der Waals surface area contributed by atoms with E-state index in [-0.39, 0.29) is 17.7 Å². The van der Waals surface area contributed by atoms with Crippen LogP contribution in [0.25, 0.3) is 21.1 Å². The third-order valence-corrected chi connectivity index (χ3v) is 7.05. The van der Waals surface area contributed by atoms with Crippen LogP contribution in [0.4, 0.5) is 11.4 Å². The summed E-state index contributed by atoms with van der Waals surface area (Å²) in [4.78, 5) is 30.7. The molecule has 0 radical (unpaired) electrons. The van der Waals surface area contributed by atoms with Crippen LogP contribution >= 0.6 is 11.3 Å². The van der Waals surface area contributed by atoms with E-state index in [9.17, 15) is 9.59 Å². The van der Waals surface area contributed by atoms with Gasteiger partial charge in [0.15, 0.2) is 5.69 Å². The van der Waals surface area contributed by atoms with Crippen molar-refractivity contribution in [1.29, 1.82) is 0 Å². The minimum absolute atomic E-state index is 0.0169. The molecule has 0 saturated carbocycles. The smallest absolute Gasteiger partial charge is 0.356 e. The molecule has 1 aliphatic heterocycles. The number of aromatic nitrogens is 2. The Morgan fingerprint density at radius 2 is 2.15 bits per heavy atom. The first kappa shape index (κ1) is 22.4. The number of nitrogens with one attached hydrogen (secondary N) is 2. The number of carbonyl (C=O) groups is 2. The highest BCUT2D eigenvalue weighted by atomic mass is 32.1. The fourth-order valence-electron chi connectivity index (χ4n) is 4.42. The van der Waals surface area contributed by atoms with Gasteiger partial charge in [-0.15, -0.1) is 11.3 Å². The fourth-order valence-corrected chi connectivity index (χ4v) is 5.42. The van der Waals surface area contributed by atoms with Crippen molar-refractivity contribution in [3.63, 3.8) is 0 Å². The Morgan fingerprint density at radius 3 is 2.88 bits per heavy atom. The van der Waals surface area contributed by atoms with Crippen LogP contribution in [0, 0.1) is 0 Å². The van der Waals surface area contributed by atoms with Crippen molar-refractivity contribution in [2.45, 2.75) is 39.0 Å². The number of rotatable bonds is 7. The minimum Gasteiger partial charge on any atom is -0.464 e. The lowest BCUT2D eigenvalue weighted by Gasteiger charge is -2.14. The lowest BCUT2D eigenvalue weighted by atomic mass is 10.2. The van der Waals surface area contributed by atoms with Crippen molar-refractivity contribution in [2.24, 2.45) is 0 Å². The molecule has 2 N–H and O–H groups in total. The van der Waals surface area contributed by atoms with E-state index in [4.69, 9.17) is 9.47 Å². The average molecular weight is 479 g/mol. The second kappa shape index (κ2) is 9.44. The number of hydrogen-bond acceptors (Lipinski definition) is 7. The molecule has 0 aliphatic carbocycles. The molecule has 4 aromatic rings. The molecule has 1 fully saturated rings. The molecule has 5 rings (SSSR count). The van der Waals surface area contributed by atoms with E-state index in [1.165, 1.54) is 29.0 Å². The van der Waals surface area contributed by atoms with Gasteiger partial charge in [-0.05, 0) is 36.4 Å². The number of anilines is 2. The third kappa shape index (κ3) is 4.36. The van der Waals surface area contributed by atoms with Gasteiger partial charge in [0.25, 0.3) is 0 Å². The van der Waals surface area contributed by atoms with E-state index < -0.39 is 5.97 Å². The van der Waals surface area contributed by atoms with Crippen molar-refractivity contribution >= 4 is 55.7 Å². The second-order valence-corrected chi connectivity index (χ2v) is 9.51. The molecule has 1 saturated heterocycles. The largest absolute Gasteiger partial charge is 0.464 e. The number of amides is 1. The highest BCUT2D eigenvalue weighted by Gasteiger charge is 2.28. The van der Waals surface area contributed by atoms with Gasteiger partial charge in [0.1, 0.15) is 5.65 Å². The average Bonchev–Trinajstić information content (AvgIpc) is 3.56. The number of carbonyl (C=O) groups excluding carboxylic acids is 2. The lowest BCUT2D eigenvalue weighted by molar-refractivity contribution is -0.114. The number of fused-ring (bicyclic) bond motifs is 2. The molecule has 0 bridgehead atoms. The first-order chi connectivity index (χ1) is 16.5. The number of nitrogens with zero attached hydrogens (tertiary/aromatic N) is 2. The molecular weight excluding hydrogens is 452 g/mol. The van der Waals surface area contributed by atoms with Crippen molar-refractivity contribution in [2.75, 3.05) is 24.4 Å². The normalized spacial score (nSPS) is 15.6. The van der Waals surface area contributed by atoms with Crippen molar-refractivity contribution in [3.05, 3.63) is 53.2 Å². The zero-order chi connectivity index (χ0) is 23.7. The van der Waals surface area contributed by atoms with E-state index in [0.717, 1.165) is 18.5 Å². The Balaban J connectivity index is 1.52. The summed E-state index contributed by atoms with van der Waals surface area (Å²) in [5, 5.41) is 8.15. The number of esters is 1. The van der Waals surface area contributed by atoms with E-state index in [1.54, 1.807) is 22.1 Å². The van der Waals surface area contributed by atoms with Gasteiger partial charge in [0.2, 0.25) is 5.91 Å². The van der Waals surface area contributed by atoms with Gasteiger partial charge in [-0.1, -0.05) is 18.2 Å². The Bertz CT molecular complexity index is 1340. The zero-order valence-electron chi connectivity index (χ0n) is 19.1. The summed E-state index contributed by atoms with van der Waals surface area (Å²) in [6, 6.07) is 12.4. The molecule has 1 aromatic carbocycles. The number of thiophene rings is 1. The maximum Gasteiger partial charge on any atom is 0.356 e. The van der Waals surface area contributed by atoms with Gasteiger partial charge in [-0.3, -0.25) is 4.79 Å². The summed E-state index contributed by atoms with van der Waals surface area (Å²) in [7, 11) is 1.33. The Morgan fingerprint density at radius 1 is 1.29 bits per heavy atom. The molecule has 4 heterocycles. The van der Waals surface area contributed by atoms with Gasteiger partial charge in [-0.25, -0.2) is 9.78 Å². The monoisotopic (exact) mass is 478 g/mol. The molecular formula is C25H26N4O4S. The van der Waals surface area contributed by atoms with Crippen LogP contribution in [0.1, 0.15) is 35.1 Å². The zero-order valence-corrected chi connectivity index (χ0v) is 19.9. The highest BCUT2D eigenvalue weighted by molar-refractivity contribution is 7.19. The SMILES string of the molecule is COC(=O)c1c(NC(C)=O)c2cc(NCc3cc4ccccc4s3)cnc2n1C[C@@H]1CCCO1. The molecule has 1 atom stereocenters. The number of methoxy groups -OCH3 is 1. The van der Waals surface area contributed by atoms with Crippen LogP contribution in [0.2, 0.25) is 0 Å². The maximum absolute atomic E-state index is 12.8. The van der Waals surface area contributed by atoms with E-state index in [1.807, 2.05) is 18.2 Å². The van der Waals surface area contributed by atoms with Gasteiger partial charge < -0.3 is 24.7 Å². The molecule has 176 valence electrons. The first-order valence-electron chi connectivity index (χ1n) is 11.2. The molecule has 1 amide bonds. The summed E-state index contributed by atoms with van der Waals surface area (Å²) in [6.07, 6.45) is 3.62. The molecule has 9 heteroatoms. The van der Waals surface area contributed by atoms with Crippen molar-refractivity contribution in [3.8, 4) is 0 Å². The van der Waals surface area contributed by atoms with E-state index >= 15 is 0 Å². The van der Waals surface area contributed by atoms with Gasteiger partial charge in [-0.2, -0.15) is 0 Å². The van der Waals surface area contributed by atoms with Crippen LogP contribution < -0.4 is 10.6 Å². The van der Waals surface area contributed by atoms with Crippen LogP contribution in [-0.2, 0) is 27.4 Å². The van der Waals surface area contributed by atoms with E-state index in [2.05, 4.69) is 33.8 Å². The molecule has 0 spiro atoms. The summed E-state index contributed by atoms with van der Waals surface area (Å²) in [6.45, 7) is 3.22. The van der Waals surface area contributed by atoms with Crippen LogP contribution in [-0.4, -0.2) is 41.2 Å². The van der Waals surface area contributed by atoms with E-state index in [0.29, 0.717) is 36.4 Å². The topological polar surface area (TPSA) is 94.5 Å². The predicted octanol–water partition coefficient (Wildman–Crippen LogP) is 4.79. The Hall–Kier alpha value is -3.43. The second-order valence-electron chi connectivity index (χ2n) is 8.34. The highest BCUT2D eigenvalue weighted by Crippen LogP contribution is 2.34. The number of ether oxygens (including phenoxy) is 2. The Kier molecular flexibility index (Phi) is 6.21.